The summed E-state index contributed by atoms with van der Waals surface area (Å²) in [6, 6.07) is 8.57. The second-order valence-electron chi connectivity index (χ2n) is 7.05. The van der Waals surface area contributed by atoms with Gasteiger partial charge in [0.05, 0.1) is 18.4 Å². The SMILES string of the molecule is CCOc1ccc(=N)n(C(=N)C(=O)N2CCC(c3ccccc3C(F)(F)F)CC2)c1. The number of nitrogens with one attached hydrogen (secondary N) is 2. The molecule has 0 unspecified atom stereocenters. The largest absolute Gasteiger partial charge is 0.492 e. The lowest BCUT2D eigenvalue weighted by atomic mass is 9.86. The lowest BCUT2D eigenvalue weighted by Gasteiger charge is -2.33. The van der Waals surface area contributed by atoms with Gasteiger partial charge in [-0.25, -0.2) is 0 Å². The molecule has 160 valence electrons. The molecule has 1 amide bonds. The summed E-state index contributed by atoms with van der Waals surface area (Å²) in [5.41, 5.74) is -0.421. The van der Waals surface area contributed by atoms with Crippen molar-refractivity contribution in [3.05, 3.63) is 59.2 Å². The highest BCUT2D eigenvalue weighted by atomic mass is 19.4. The molecule has 6 nitrogen and oxygen atoms in total. The van der Waals surface area contributed by atoms with Crippen LogP contribution in [-0.2, 0) is 11.0 Å². The lowest BCUT2D eigenvalue weighted by molar-refractivity contribution is -0.138. The van der Waals surface area contributed by atoms with E-state index < -0.39 is 23.5 Å². The summed E-state index contributed by atoms with van der Waals surface area (Å²) >= 11 is 0. The molecule has 2 aromatic rings. The number of halogens is 3. The average Bonchev–Trinajstić information content (AvgIpc) is 2.74. The number of pyridine rings is 1. The third-order valence-electron chi connectivity index (χ3n) is 5.16. The van der Waals surface area contributed by atoms with Crippen molar-refractivity contribution < 1.29 is 22.7 Å². The van der Waals surface area contributed by atoms with Gasteiger partial charge in [-0.1, -0.05) is 18.2 Å². The van der Waals surface area contributed by atoms with E-state index in [1.165, 1.54) is 29.3 Å². The van der Waals surface area contributed by atoms with E-state index in [9.17, 15) is 18.0 Å². The average molecular weight is 420 g/mol. The molecule has 0 spiro atoms. The van der Waals surface area contributed by atoms with Gasteiger partial charge in [-0.3, -0.25) is 20.2 Å². The standard InChI is InChI=1S/C21H23F3N4O2/c1-2-30-15-7-8-18(25)28(13-15)19(26)20(29)27-11-9-14(10-12-27)16-5-3-4-6-17(16)21(22,23)24/h3-8,13-14,25-26H,2,9-12H2,1H3. The molecule has 30 heavy (non-hydrogen) atoms. The molecule has 0 radical (unpaired) electrons. The van der Waals surface area contributed by atoms with Gasteiger partial charge in [-0.15, -0.1) is 0 Å². The highest BCUT2D eigenvalue weighted by Crippen LogP contribution is 2.38. The van der Waals surface area contributed by atoms with Crippen LogP contribution in [0.2, 0.25) is 0 Å². The van der Waals surface area contributed by atoms with Crippen LogP contribution in [0.3, 0.4) is 0 Å². The van der Waals surface area contributed by atoms with Crippen LogP contribution in [0.5, 0.6) is 5.75 Å². The minimum absolute atomic E-state index is 0.0363. The number of carbonyl (C=O) groups excluding carboxylic acids is 1. The summed E-state index contributed by atoms with van der Waals surface area (Å²) in [7, 11) is 0. The molecule has 0 saturated carbocycles. The number of aromatic nitrogens is 1. The number of piperidine rings is 1. The van der Waals surface area contributed by atoms with Gasteiger partial charge in [0.15, 0.2) is 5.84 Å². The van der Waals surface area contributed by atoms with Gasteiger partial charge in [-0.2, -0.15) is 13.2 Å². The number of alkyl halides is 3. The first-order chi connectivity index (χ1) is 14.2. The molecule has 2 N–H and O–H groups in total. The Labute approximate surface area is 171 Å². The van der Waals surface area contributed by atoms with Crippen LogP contribution in [0.15, 0.2) is 42.6 Å². The molecule has 1 aliphatic heterocycles. The van der Waals surface area contributed by atoms with Crippen LogP contribution in [0.1, 0.15) is 36.8 Å². The Morgan fingerprint density at radius 2 is 1.83 bits per heavy atom. The number of hydrogen-bond donors (Lipinski definition) is 2. The van der Waals surface area contributed by atoms with Gasteiger partial charge in [0.1, 0.15) is 11.2 Å². The van der Waals surface area contributed by atoms with Crippen molar-refractivity contribution in [3.8, 4) is 5.75 Å². The second kappa shape index (κ2) is 8.73. The van der Waals surface area contributed by atoms with E-state index in [4.69, 9.17) is 15.6 Å². The smallest absolute Gasteiger partial charge is 0.416 e. The van der Waals surface area contributed by atoms with Crippen molar-refractivity contribution in [1.29, 1.82) is 10.8 Å². The maximum absolute atomic E-state index is 13.3. The number of amides is 1. The van der Waals surface area contributed by atoms with Crippen molar-refractivity contribution in [3.63, 3.8) is 0 Å². The molecule has 1 aliphatic rings. The Balaban J connectivity index is 1.72. The van der Waals surface area contributed by atoms with Gasteiger partial charge in [-0.05, 0) is 49.4 Å². The summed E-state index contributed by atoms with van der Waals surface area (Å²) in [4.78, 5) is 14.2. The molecule has 9 heteroatoms. The van der Waals surface area contributed by atoms with Crippen molar-refractivity contribution in [2.45, 2.75) is 31.9 Å². The van der Waals surface area contributed by atoms with E-state index in [-0.39, 0.29) is 30.1 Å². The summed E-state index contributed by atoms with van der Waals surface area (Å²) in [6.07, 6.45) is -2.25. The fraction of sp³-hybridized carbons (Fsp3) is 0.381. The van der Waals surface area contributed by atoms with Gasteiger partial charge in [0.2, 0.25) is 0 Å². The normalized spacial score (nSPS) is 15.1. The quantitative estimate of drug-likeness (QED) is 0.587. The van der Waals surface area contributed by atoms with E-state index >= 15 is 0 Å². The molecule has 1 aromatic heterocycles. The van der Waals surface area contributed by atoms with E-state index in [0.29, 0.717) is 25.2 Å². The zero-order valence-electron chi connectivity index (χ0n) is 16.5. The highest BCUT2D eigenvalue weighted by molar-refractivity contribution is 6.37. The fourth-order valence-electron chi connectivity index (χ4n) is 3.68. The maximum Gasteiger partial charge on any atom is 0.416 e. The molecule has 1 fully saturated rings. The topological polar surface area (TPSA) is 82.2 Å². The first-order valence-corrected chi connectivity index (χ1v) is 9.66. The summed E-state index contributed by atoms with van der Waals surface area (Å²) in [5.74, 6) is -0.823. The first-order valence-electron chi connectivity index (χ1n) is 9.66. The van der Waals surface area contributed by atoms with Gasteiger partial charge >= 0.3 is 6.18 Å². The number of hydrogen-bond acceptors (Lipinski definition) is 4. The van der Waals surface area contributed by atoms with E-state index in [1.54, 1.807) is 19.1 Å². The predicted octanol–water partition coefficient (Wildman–Crippen LogP) is 3.62. The van der Waals surface area contributed by atoms with Crippen molar-refractivity contribution >= 4 is 11.7 Å². The minimum Gasteiger partial charge on any atom is -0.492 e. The summed E-state index contributed by atoms with van der Waals surface area (Å²) < 4.78 is 46.4. The molecule has 1 aromatic carbocycles. The lowest BCUT2D eigenvalue weighted by Crippen LogP contribution is -2.45. The molecule has 1 saturated heterocycles. The van der Waals surface area contributed by atoms with Crippen LogP contribution >= 0.6 is 0 Å². The number of ether oxygens (including phenoxy) is 1. The Hall–Kier alpha value is -3.10. The Kier molecular flexibility index (Phi) is 6.28. The third-order valence-corrected chi connectivity index (χ3v) is 5.16. The summed E-state index contributed by atoms with van der Waals surface area (Å²) in [6.45, 7) is 2.70. The third kappa shape index (κ3) is 4.55. The van der Waals surface area contributed by atoms with Crippen molar-refractivity contribution in [2.24, 2.45) is 0 Å². The van der Waals surface area contributed by atoms with Gasteiger partial charge in [0.25, 0.3) is 5.91 Å². The predicted molar refractivity (Wildman–Crippen MR) is 105 cm³/mol. The monoisotopic (exact) mass is 420 g/mol. The maximum atomic E-state index is 13.3. The van der Waals surface area contributed by atoms with E-state index in [0.717, 1.165) is 10.6 Å². The zero-order valence-corrected chi connectivity index (χ0v) is 16.5. The molecule has 2 heterocycles. The second-order valence-corrected chi connectivity index (χ2v) is 7.05. The van der Waals surface area contributed by atoms with Gasteiger partial charge < -0.3 is 9.64 Å². The van der Waals surface area contributed by atoms with Crippen LogP contribution in [-0.4, -0.2) is 40.9 Å². The first kappa shape index (κ1) is 21.6. The molecule has 0 atom stereocenters. The van der Waals surface area contributed by atoms with E-state index in [1.807, 2.05) is 0 Å². The number of carbonyl (C=O) groups is 1. The molecule has 0 bridgehead atoms. The van der Waals surface area contributed by atoms with E-state index in [2.05, 4.69) is 0 Å². The van der Waals surface area contributed by atoms with Crippen LogP contribution in [0, 0.1) is 10.8 Å². The fourth-order valence-corrected chi connectivity index (χ4v) is 3.68. The van der Waals surface area contributed by atoms with Crippen molar-refractivity contribution in [2.75, 3.05) is 19.7 Å². The van der Waals surface area contributed by atoms with Crippen LogP contribution in [0.4, 0.5) is 13.2 Å². The zero-order chi connectivity index (χ0) is 21.9. The number of likely N-dealkylation sites (tertiary alicyclic amines) is 1. The number of nitrogens with zero attached hydrogens (tertiary/aromatic N) is 2. The molecular weight excluding hydrogens is 397 g/mol. The number of rotatable bonds is 3. The van der Waals surface area contributed by atoms with Crippen molar-refractivity contribution in [1.82, 2.24) is 9.47 Å². The van der Waals surface area contributed by atoms with Gasteiger partial charge in [0, 0.05) is 13.1 Å². The number of benzene rings is 1. The Morgan fingerprint density at radius 3 is 2.47 bits per heavy atom. The molecule has 0 aliphatic carbocycles. The van der Waals surface area contributed by atoms with Crippen LogP contribution in [0.25, 0.3) is 0 Å². The Bertz CT molecular complexity index is 992. The molecular formula is C21H23F3N4O2. The highest BCUT2D eigenvalue weighted by Gasteiger charge is 2.36. The minimum atomic E-state index is -4.42. The summed E-state index contributed by atoms with van der Waals surface area (Å²) in [5, 5.41) is 16.2. The van der Waals surface area contributed by atoms with Crippen LogP contribution < -0.4 is 10.2 Å². The Morgan fingerprint density at radius 1 is 1.17 bits per heavy atom. The molecule has 3 rings (SSSR count).